The number of ether oxygens (including phenoxy) is 2. The predicted molar refractivity (Wildman–Crippen MR) is 144 cm³/mol. The van der Waals surface area contributed by atoms with Crippen molar-refractivity contribution >= 4 is 17.2 Å². The van der Waals surface area contributed by atoms with Gasteiger partial charge in [0.1, 0.15) is 22.2 Å². The van der Waals surface area contributed by atoms with Gasteiger partial charge in [0.05, 0.1) is 20.8 Å². The Morgan fingerprint density at radius 1 is 1.06 bits per heavy atom. The van der Waals surface area contributed by atoms with E-state index in [0.29, 0.717) is 18.8 Å². The third-order valence-electron chi connectivity index (χ3n) is 6.91. The van der Waals surface area contributed by atoms with Gasteiger partial charge in [0.2, 0.25) is 0 Å². The first-order valence-electron chi connectivity index (χ1n) is 12.5. The fourth-order valence-electron chi connectivity index (χ4n) is 4.56. The average Bonchev–Trinajstić information content (AvgIpc) is 3.41. The molecular weight excluding hydrogens is 472 g/mol. The molecule has 1 aliphatic rings. The van der Waals surface area contributed by atoms with Gasteiger partial charge in [-0.15, -0.1) is 11.3 Å². The largest absolute Gasteiger partial charge is 0.497 e. The first-order chi connectivity index (χ1) is 17.5. The lowest BCUT2D eigenvalue weighted by molar-refractivity contribution is 0.0638. The number of methoxy groups -OCH3 is 2. The van der Waals surface area contributed by atoms with Crippen LogP contribution in [-0.4, -0.2) is 72.5 Å². The van der Waals surface area contributed by atoms with Crippen molar-refractivity contribution in [3.63, 3.8) is 0 Å². The summed E-state index contributed by atoms with van der Waals surface area (Å²) in [5.74, 6) is 1.59. The SMILES string of the molecule is CCN1CCN(C(=O)c2csc(CN(Cc3ccc(OC)cc3OC)C(C)c3ccccc3)n2)CC1. The number of thiazole rings is 1. The molecule has 1 atom stereocenters. The molecule has 0 radical (unpaired) electrons. The van der Waals surface area contributed by atoms with Crippen LogP contribution >= 0.6 is 11.3 Å². The highest BCUT2D eigenvalue weighted by Crippen LogP contribution is 2.31. The Hall–Kier alpha value is -2.94. The molecule has 1 fully saturated rings. The molecule has 1 aromatic heterocycles. The molecular formula is C28H36N4O3S. The normalized spacial score (nSPS) is 15.2. The van der Waals surface area contributed by atoms with Crippen molar-refractivity contribution in [2.24, 2.45) is 0 Å². The van der Waals surface area contributed by atoms with E-state index in [2.05, 4.69) is 54.0 Å². The first kappa shape index (κ1) is 26.1. The maximum atomic E-state index is 13.1. The molecule has 3 aromatic rings. The Bertz CT molecular complexity index is 1130. The summed E-state index contributed by atoms with van der Waals surface area (Å²) >= 11 is 1.55. The van der Waals surface area contributed by atoms with Crippen LogP contribution in [0.25, 0.3) is 0 Å². The van der Waals surface area contributed by atoms with E-state index in [4.69, 9.17) is 14.5 Å². The topological polar surface area (TPSA) is 58.1 Å². The van der Waals surface area contributed by atoms with E-state index in [-0.39, 0.29) is 11.9 Å². The highest BCUT2D eigenvalue weighted by molar-refractivity contribution is 7.09. The van der Waals surface area contributed by atoms with Crippen molar-refractivity contribution in [3.8, 4) is 11.5 Å². The number of aromatic nitrogens is 1. The zero-order valence-corrected chi connectivity index (χ0v) is 22.5. The third kappa shape index (κ3) is 6.24. The van der Waals surface area contributed by atoms with Gasteiger partial charge >= 0.3 is 0 Å². The lowest BCUT2D eigenvalue weighted by atomic mass is 10.1. The number of benzene rings is 2. The summed E-state index contributed by atoms with van der Waals surface area (Å²) in [6, 6.07) is 16.5. The van der Waals surface area contributed by atoms with E-state index in [1.807, 2.05) is 28.5 Å². The van der Waals surface area contributed by atoms with Gasteiger partial charge in [0.15, 0.2) is 0 Å². The number of hydrogen-bond acceptors (Lipinski definition) is 7. The molecule has 8 heteroatoms. The van der Waals surface area contributed by atoms with Gasteiger partial charge in [0, 0.05) is 55.8 Å². The van der Waals surface area contributed by atoms with Gasteiger partial charge < -0.3 is 19.3 Å². The maximum absolute atomic E-state index is 13.1. The number of nitrogens with zero attached hydrogens (tertiary/aromatic N) is 4. The van der Waals surface area contributed by atoms with Crippen LogP contribution in [0.4, 0.5) is 0 Å². The van der Waals surface area contributed by atoms with Crippen LogP contribution in [0.5, 0.6) is 11.5 Å². The van der Waals surface area contributed by atoms with E-state index in [1.165, 1.54) is 5.56 Å². The van der Waals surface area contributed by atoms with Crippen LogP contribution < -0.4 is 9.47 Å². The monoisotopic (exact) mass is 508 g/mol. The van der Waals surface area contributed by atoms with Gasteiger partial charge in [-0.1, -0.05) is 43.3 Å². The minimum Gasteiger partial charge on any atom is -0.497 e. The third-order valence-corrected chi connectivity index (χ3v) is 7.75. The average molecular weight is 509 g/mol. The first-order valence-corrected chi connectivity index (χ1v) is 13.4. The van der Waals surface area contributed by atoms with E-state index in [1.54, 1.807) is 25.6 Å². The molecule has 0 bridgehead atoms. The molecule has 0 N–H and O–H groups in total. The molecule has 1 amide bonds. The number of amides is 1. The predicted octanol–water partition coefficient (Wildman–Crippen LogP) is 4.70. The minimum atomic E-state index is 0.0349. The Labute approximate surface area is 218 Å². The second-order valence-electron chi connectivity index (χ2n) is 9.02. The molecule has 0 aliphatic carbocycles. The van der Waals surface area contributed by atoms with E-state index in [9.17, 15) is 4.79 Å². The van der Waals surface area contributed by atoms with Crippen LogP contribution in [0.3, 0.4) is 0 Å². The quantitative estimate of drug-likeness (QED) is 0.396. The number of carbonyl (C=O) groups excluding carboxylic acids is 1. The van der Waals surface area contributed by atoms with Gasteiger partial charge in [-0.25, -0.2) is 4.98 Å². The molecule has 192 valence electrons. The second-order valence-corrected chi connectivity index (χ2v) is 9.97. The number of hydrogen-bond donors (Lipinski definition) is 0. The summed E-state index contributed by atoms with van der Waals surface area (Å²) in [4.78, 5) is 24.5. The lowest BCUT2D eigenvalue weighted by Crippen LogP contribution is -2.48. The van der Waals surface area contributed by atoms with Gasteiger partial charge in [-0.2, -0.15) is 0 Å². The van der Waals surface area contributed by atoms with E-state index >= 15 is 0 Å². The summed E-state index contributed by atoms with van der Waals surface area (Å²) in [5, 5.41) is 2.84. The molecule has 2 aromatic carbocycles. The Morgan fingerprint density at radius 3 is 2.47 bits per heavy atom. The van der Waals surface area contributed by atoms with E-state index in [0.717, 1.165) is 54.8 Å². The number of likely N-dealkylation sites (N-methyl/N-ethyl adjacent to an activating group) is 1. The summed E-state index contributed by atoms with van der Waals surface area (Å²) in [5.41, 5.74) is 2.85. The zero-order chi connectivity index (χ0) is 25.5. The maximum Gasteiger partial charge on any atom is 0.273 e. The summed E-state index contributed by atoms with van der Waals surface area (Å²) in [7, 11) is 3.34. The molecule has 7 nitrogen and oxygen atoms in total. The van der Waals surface area contributed by atoms with Crippen molar-refractivity contribution in [2.75, 3.05) is 46.9 Å². The van der Waals surface area contributed by atoms with Crippen LogP contribution in [-0.2, 0) is 13.1 Å². The molecule has 36 heavy (non-hydrogen) atoms. The highest BCUT2D eigenvalue weighted by Gasteiger charge is 2.25. The number of rotatable bonds is 10. The second kappa shape index (κ2) is 12.3. The van der Waals surface area contributed by atoms with Crippen LogP contribution in [0, 0.1) is 0 Å². The summed E-state index contributed by atoms with van der Waals surface area (Å²) in [6.07, 6.45) is 0. The Balaban J connectivity index is 1.53. The molecule has 0 saturated carbocycles. The fraction of sp³-hybridized carbons (Fsp3) is 0.429. The minimum absolute atomic E-state index is 0.0349. The summed E-state index contributed by atoms with van der Waals surface area (Å²) in [6.45, 7) is 10.1. The zero-order valence-electron chi connectivity index (χ0n) is 21.6. The van der Waals surface area contributed by atoms with Crippen molar-refractivity contribution in [2.45, 2.75) is 33.0 Å². The van der Waals surface area contributed by atoms with E-state index < -0.39 is 0 Å². The standard InChI is InChI=1S/C28H36N4O3S/c1-5-30-13-15-31(16-14-30)28(33)25-20-36-27(29-25)19-32(21(2)22-9-7-6-8-10-22)18-23-11-12-24(34-3)17-26(23)35-4/h6-12,17,20-21H,5,13-16,18-19H2,1-4H3. The van der Waals surface area contributed by atoms with Crippen LogP contribution in [0.15, 0.2) is 53.9 Å². The molecule has 0 spiro atoms. The van der Waals surface area contributed by atoms with Crippen molar-refractivity contribution < 1.29 is 14.3 Å². The van der Waals surface area contributed by atoms with Gasteiger partial charge in [-0.05, 0) is 25.1 Å². The molecule has 4 rings (SSSR count). The summed E-state index contributed by atoms with van der Waals surface area (Å²) < 4.78 is 11.0. The van der Waals surface area contributed by atoms with Crippen molar-refractivity contribution in [1.29, 1.82) is 0 Å². The lowest BCUT2D eigenvalue weighted by Gasteiger charge is -2.33. The van der Waals surface area contributed by atoms with Crippen molar-refractivity contribution in [3.05, 3.63) is 75.7 Å². The van der Waals surface area contributed by atoms with Crippen LogP contribution in [0.1, 0.15) is 46.5 Å². The van der Waals surface area contributed by atoms with Crippen LogP contribution in [0.2, 0.25) is 0 Å². The number of carbonyl (C=O) groups is 1. The molecule has 2 heterocycles. The smallest absolute Gasteiger partial charge is 0.273 e. The molecule has 1 saturated heterocycles. The highest BCUT2D eigenvalue weighted by atomic mass is 32.1. The Kier molecular flexibility index (Phi) is 8.96. The number of piperazine rings is 1. The van der Waals surface area contributed by atoms with Gasteiger partial charge in [-0.3, -0.25) is 9.69 Å². The molecule has 1 unspecified atom stereocenters. The van der Waals surface area contributed by atoms with Crippen molar-refractivity contribution in [1.82, 2.24) is 19.7 Å². The Morgan fingerprint density at radius 2 is 1.81 bits per heavy atom. The van der Waals surface area contributed by atoms with Gasteiger partial charge in [0.25, 0.3) is 5.91 Å². The molecule has 1 aliphatic heterocycles. The fourth-order valence-corrected chi connectivity index (χ4v) is 5.35.